The van der Waals surface area contributed by atoms with Gasteiger partial charge in [0.2, 0.25) is 0 Å². The van der Waals surface area contributed by atoms with Gasteiger partial charge >= 0.3 is 0 Å². The fourth-order valence-corrected chi connectivity index (χ4v) is 3.74. The highest BCUT2D eigenvalue weighted by Crippen LogP contribution is 2.31. The van der Waals surface area contributed by atoms with Gasteiger partial charge in [0, 0.05) is 25.3 Å². The predicted octanol–water partition coefficient (Wildman–Crippen LogP) is 3.00. The molecule has 1 aromatic rings. The van der Waals surface area contributed by atoms with Gasteiger partial charge in [-0.3, -0.25) is 0 Å². The summed E-state index contributed by atoms with van der Waals surface area (Å²) in [4.78, 5) is 2.37. The Bertz CT molecular complexity index is 433. The molecule has 1 fully saturated rings. The minimum atomic E-state index is 0.768. The Hall–Kier alpha value is -1.02. The number of anilines is 1. The van der Waals surface area contributed by atoms with Crippen LogP contribution in [0, 0.1) is 5.92 Å². The van der Waals surface area contributed by atoms with Crippen molar-refractivity contribution in [3.05, 3.63) is 29.3 Å². The number of benzene rings is 1. The van der Waals surface area contributed by atoms with E-state index in [0.717, 1.165) is 12.0 Å². The number of nitrogens with zero attached hydrogens (tertiary/aromatic N) is 1. The summed E-state index contributed by atoms with van der Waals surface area (Å²) in [6.07, 6.45) is 8.01. The summed E-state index contributed by atoms with van der Waals surface area (Å²) >= 11 is 0. The zero-order valence-electron chi connectivity index (χ0n) is 12.3. The van der Waals surface area contributed by atoms with E-state index in [4.69, 9.17) is 0 Å². The molecular formula is C17H26N2. The van der Waals surface area contributed by atoms with Crippen molar-refractivity contribution >= 4 is 5.69 Å². The lowest BCUT2D eigenvalue weighted by Gasteiger charge is -2.28. The molecule has 104 valence electrons. The van der Waals surface area contributed by atoms with E-state index in [1.54, 1.807) is 11.1 Å². The molecule has 0 aromatic heterocycles. The zero-order valence-corrected chi connectivity index (χ0v) is 12.3. The highest BCUT2D eigenvalue weighted by Gasteiger charge is 2.21. The molecular weight excluding hydrogens is 232 g/mol. The lowest BCUT2D eigenvalue weighted by molar-refractivity contribution is 0.300. The lowest BCUT2D eigenvalue weighted by atomic mass is 9.82. The first-order valence-corrected chi connectivity index (χ1v) is 7.76. The molecule has 2 nitrogen and oxygen atoms in total. The minimum absolute atomic E-state index is 0.768. The Kier molecular flexibility index (Phi) is 3.79. The zero-order chi connectivity index (χ0) is 13.2. The van der Waals surface area contributed by atoms with Crippen LogP contribution < -0.4 is 10.2 Å². The molecule has 2 aliphatic rings. The maximum Gasteiger partial charge on any atom is 0.0397 e. The van der Waals surface area contributed by atoms with Crippen LogP contribution in [0.1, 0.15) is 36.8 Å². The number of hydrogen-bond donors (Lipinski definition) is 1. The van der Waals surface area contributed by atoms with Gasteiger partial charge in [0.25, 0.3) is 0 Å². The van der Waals surface area contributed by atoms with E-state index < -0.39 is 0 Å². The van der Waals surface area contributed by atoms with E-state index in [2.05, 4.69) is 42.5 Å². The maximum absolute atomic E-state index is 3.42. The van der Waals surface area contributed by atoms with Gasteiger partial charge in [-0.1, -0.05) is 12.1 Å². The number of nitrogens with one attached hydrogen (secondary N) is 1. The van der Waals surface area contributed by atoms with Crippen molar-refractivity contribution in [3.63, 3.8) is 0 Å². The molecule has 1 aliphatic carbocycles. The van der Waals surface area contributed by atoms with E-state index in [0.29, 0.717) is 0 Å². The molecule has 0 unspecified atom stereocenters. The molecule has 0 bridgehead atoms. The van der Waals surface area contributed by atoms with Gasteiger partial charge in [-0.15, -0.1) is 0 Å². The fourth-order valence-electron chi connectivity index (χ4n) is 3.74. The monoisotopic (exact) mass is 258 g/mol. The number of rotatable bonds is 3. The summed E-state index contributed by atoms with van der Waals surface area (Å²) in [6, 6.07) is 7.91. The molecule has 1 heterocycles. The fraction of sp³-hybridized carbons (Fsp3) is 0.647. The van der Waals surface area contributed by atoms with Crippen molar-refractivity contribution in [1.82, 2.24) is 5.32 Å². The van der Waals surface area contributed by atoms with E-state index in [9.17, 15) is 0 Å². The van der Waals surface area contributed by atoms with Crippen molar-refractivity contribution in [2.24, 2.45) is 5.92 Å². The minimum Gasteiger partial charge on any atom is -0.374 e. The van der Waals surface area contributed by atoms with Crippen LogP contribution in [0.25, 0.3) is 0 Å². The van der Waals surface area contributed by atoms with Crippen LogP contribution in [0.15, 0.2) is 18.2 Å². The largest absolute Gasteiger partial charge is 0.374 e. The van der Waals surface area contributed by atoms with Crippen LogP contribution in [-0.2, 0) is 12.8 Å². The van der Waals surface area contributed by atoms with Gasteiger partial charge in [0.1, 0.15) is 0 Å². The molecule has 1 aliphatic heterocycles. The Morgan fingerprint density at radius 1 is 1.21 bits per heavy atom. The van der Waals surface area contributed by atoms with Crippen molar-refractivity contribution < 1.29 is 0 Å². The first-order chi connectivity index (χ1) is 9.26. The topological polar surface area (TPSA) is 15.3 Å². The quantitative estimate of drug-likeness (QED) is 0.896. The van der Waals surface area contributed by atoms with Crippen LogP contribution in [-0.4, -0.2) is 26.7 Å². The Labute approximate surface area is 117 Å². The number of hydrogen-bond acceptors (Lipinski definition) is 2. The van der Waals surface area contributed by atoms with Crippen LogP contribution in [0.2, 0.25) is 0 Å². The first kappa shape index (κ1) is 13.0. The van der Waals surface area contributed by atoms with Gasteiger partial charge in [0.05, 0.1) is 0 Å². The Balaban J connectivity index is 1.62. The third-order valence-corrected chi connectivity index (χ3v) is 5.05. The summed E-state index contributed by atoms with van der Waals surface area (Å²) < 4.78 is 0. The highest BCUT2D eigenvalue weighted by molar-refractivity contribution is 5.58. The third-order valence-electron chi connectivity index (χ3n) is 5.05. The van der Waals surface area contributed by atoms with Crippen molar-refractivity contribution in [2.45, 2.75) is 44.6 Å². The molecule has 0 amide bonds. The molecule has 2 heteroatoms. The molecule has 0 saturated heterocycles. The van der Waals surface area contributed by atoms with Crippen LogP contribution in [0.5, 0.6) is 0 Å². The molecule has 1 aromatic carbocycles. The molecule has 0 spiro atoms. The van der Waals surface area contributed by atoms with Crippen LogP contribution in [0.4, 0.5) is 5.69 Å². The van der Waals surface area contributed by atoms with Gasteiger partial charge in [-0.2, -0.15) is 0 Å². The lowest BCUT2D eigenvalue weighted by Crippen LogP contribution is -2.30. The summed E-state index contributed by atoms with van der Waals surface area (Å²) in [5, 5.41) is 3.42. The summed E-state index contributed by atoms with van der Waals surface area (Å²) in [5.74, 6) is 0.904. The third kappa shape index (κ3) is 2.79. The molecule has 1 N–H and O–H groups in total. The van der Waals surface area contributed by atoms with Gasteiger partial charge in [-0.25, -0.2) is 0 Å². The second kappa shape index (κ2) is 5.54. The van der Waals surface area contributed by atoms with Gasteiger partial charge in [0.15, 0.2) is 0 Å². The molecule has 0 radical (unpaired) electrons. The normalized spacial score (nSPS) is 26.5. The molecule has 0 atom stereocenters. The number of likely N-dealkylation sites (N-methyl/N-ethyl adjacent to an activating group) is 1. The average Bonchev–Trinajstić information content (AvgIpc) is 2.81. The van der Waals surface area contributed by atoms with E-state index >= 15 is 0 Å². The summed E-state index contributed by atoms with van der Waals surface area (Å²) in [6.45, 7) is 1.19. The SMILES string of the molecule is CNC1CCC(Cc2ccc3c(c2)CCN3C)CC1. The molecule has 1 saturated carbocycles. The summed E-state index contributed by atoms with van der Waals surface area (Å²) in [7, 11) is 4.30. The van der Waals surface area contributed by atoms with Crippen molar-refractivity contribution in [1.29, 1.82) is 0 Å². The van der Waals surface area contributed by atoms with E-state index in [1.807, 2.05) is 0 Å². The van der Waals surface area contributed by atoms with Crippen molar-refractivity contribution in [2.75, 3.05) is 25.5 Å². The second-order valence-electron chi connectivity index (χ2n) is 6.35. The summed E-state index contributed by atoms with van der Waals surface area (Å²) in [5.41, 5.74) is 4.56. The maximum atomic E-state index is 3.42. The highest BCUT2D eigenvalue weighted by atomic mass is 15.1. The predicted molar refractivity (Wildman–Crippen MR) is 81.9 cm³/mol. The standard InChI is InChI=1S/C17H26N2/c1-18-16-6-3-13(4-7-16)11-14-5-8-17-15(12-14)9-10-19(17)2/h5,8,12-13,16,18H,3-4,6-7,9-11H2,1-2H3. The van der Waals surface area contributed by atoms with E-state index in [-0.39, 0.29) is 0 Å². The Morgan fingerprint density at radius 3 is 2.74 bits per heavy atom. The Morgan fingerprint density at radius 2 is 2.00 bits per heavy atom. The van der Waals surface area contributed by atoms with E-state index in [1.165, 1.54) is 50.8 Å². The van der Waals surface area contributed by atoms with Crippen molar-refractivity contribution in [3.8, 4) is 0 Å². The smallest absolute Gasteiger partial charge is 0.0397 e. The molecule has 3 rings (SSSR count). The van der Waals surface area contributed by atoms with Gasteiger partial charge < -0.3 is 10.2 Å². The van der Waals surface area contributed by atoms with Crippen LogP contribution in [0.3, 0.4) is 0 Å². The van der Waals surface area contributed by atoms with Gasteiger partial charge in [-0.05, 0) is 68.7 Å². The first-order valence-electron chi connectivity index (χ1n) is 7.76. The molecule has 19 heavy (non-hydrogen) atoms. The van der Waals surface area contributed by atoms with Crippen LogP contribution >= 0.6 is 0 Å². The average molecular weight is 258 g/mol. The second-order valence-corrected chi connectivity index (χ2v) is 6.35. The number of fused-ring (bicyclic) bond motifs is 1.